The number of nitrogens with zero attached hydrogens (tertiary/aromatic N) is 1. The van der Waals surface area contributed by atoms with Crippen LogP contribution in [0.4, 0.5) is 22.8 Å². The van der Waals surface area contributed by atoms with Gasteiger partial charge in [-0.25, -0.2) is 9.59 Å². The van der Waals surface area contributed by atoms with E-state index in [1.165, 1.54) is 12.1 Å². The molecule has 0 aliphatic carbocycles. The van der Waals surface area contributed by atoms with Gasteiger partial charge in [-0.05, 0) is 45.4 Å². The number of amides is 3. The van der Waals surface area contributed by atoms with Crippen molar-refractivity contribution in [2.45, 2.75) is 45.5 Å². The molecule has 0 aromatic heterocycles. The molecule has 0 aliphatic heterocycles. The second kappa shape index (κ2) is 8.29. The smallest absolute Gasteiger partial charge is 0.416 e. The Morgan fingerprint density at radius 2 is 1.81 bits per heavy atom. The monoisotopic (exact) mass is 375 g/mol. The maximum absolute atomic E-state index is 13.0. The first kappa shape index (κ1) is 21.6. The van der Waals surface area contributed by atoms with Crippen molar-refractivity contribution in [3.8, 4) is 0 Å². The molecule has 0 heterocycles. The summed E-state index contributed by atoms with van der Waals surface area (Å²) in [6.07, 6.45) is -5.85. The van der Waals surface area contributed by atoms with E-state index >= 15 is 0 Å². The third-order valence-corrected chi connectivity index (χ3v) is 3.63. The summed E-state index contributed by atoms with van der Waals surface area (Å²) in [5.74, 6) is 0. The van der Waals surface area contributed by atoms with Gasteiger partial charge in [0.2, 0.25) is 0 Å². The maximum Gasteiger partial charge on any atom is 0.416 e. The van der Waals surface area contributed by atoms with Crippen LogP contribution in [0.5, 0.6) is 0 Å². The standard InChI is InChI=1S/C17H24F3N3O3/c1-5-21-14(24)22-10-13(23(15(25)26)16(2,3)4)11-7-6-8-12(9-11)17(18,19)20/h6-9,13H,5,10H2,1-4H3,(H,25,26)(H2,21,22,24). The summed E-state index contributed by atoms with van der Waals surface area (Å²) in [6.45, 7) is 6.80. The molecule has 26 heavy (non-hydrogen) atoms. The topological polar surface area (TPSA) is 81.7 Å². The zero-order valence-electron chi connectivity index (χ0n) is 15.1. The number of carbonyl (C=O) groups excluding carboxylic acids is 1. The molecule has 1 aromatic rings. The van der Waals surface area contributed by atoms with Crippen molar-refractivity contribution in [1.82, 2.24) is 15.5 Å². The third kappa shape index (κ3) is 5.82. The second-order valence-electron chi connectivity index (χ2n) is 6.70. The highest BCUT2D eigenvalue weighted by atomic mass is 19.4. The summed E-state index contributed by atoms with van der Waals surface area (Å²) in [4.78, 5) is 24.5. The van der Waals surface area contributed by atoms with E-state index in [0.29, 0.717) is 6.54 Å². The lowest BCUT2D eigenvalue weighted by molar-refractivity contribution is -0.137. The summed E-state index contributed by atoms with van der Waals surface area (Å²) in [7, 11) is 0. The zero-order valence-corrected chi connectivity index (χ0v) is 15.1. The van der Waals surface area contributed by atoms with Crippen LogP contribution in [0.1, 0.15) is 44.9 Å². The van der Waals surface area contributed by atoms with Gasteiger partial charge in [0, 0.05) is 18.6 Å². The Balaban J connectivity index is 3.31. The van der Waals surface area contributed by atoms with Crippen LogP contribution >= 0.6 is 0 Å². The van der Waals surface area contributed by atoms with E-state index in [4.69, 9.17) is 0 Å². The van der Waals surface area contributed by atoms with Gasteiger partial charge in [-0.15, -0.1) is 0 Å². The Morgan fingerprint density at radius 3 is 2.27 bits per heavy atom. The number of hydrogen-bond acceptors (Lipinski definition) is 2. The van der Waals surface area contributed by atoms with Crippen LogP contribution < -0.4 is 10.6 Å². The second-order valence-corrected chi connectivity index (χ2v) is 6.70. The molecule has 1 rings (SSSR count). The van der Waals surface area contributed by atoms with E-state index in [1.807, 2.05) is 0 Å². The number of hydrogen-bond donors (Lipinski definition) is 3. The SMILES string of the molecule is CCNC(=O)NCC(c1cccc(C(F)(F)F)c1)N(C(=O)O)C(C)(C)C. The van der Waals surface area contributed by atoms with Gasteiger partial charge in [-0.3, -0.25) is 4.90 Å². The maximum atomic E-state index is 13.0. The first-order valence-corrected chi connectivity index (χ1v) is 8.09. The van der Waals surface area contributed by atoms with E-state index in [9.17, 15) is 27.9 Å². The minimum absolute atomic E-state index is 0.147. The molecular formula is C17H24F3N3O3. The molecule has 3 amide bonds. The van der Waals surface area contributed by atoms with Crippen LogP contribution in [0.3, 0.4) is 0 Å². The fourth-order valence-corrected chi connectivity index (χ4v) is 2.58. The first-order valence-electron chi connectivity index (χ1n) is 8.09. The lowest BCUT2D eigenvalue weighted by atomic mass is 9.97. The molecule has 0 aliphatic rings. The van der Waals surface area contributed by atoms with E-state index in [0.717, 1.165) is 17.0 Å². The number of halogens is 3. The fraction of sp³-hybridized carbons (Fsp3) is 0.529. The fourth-order valence-electron chi connectivity index (χ4n) is 2.58. The molecule has 0 saturated heterocycles. The van der Waals surface area contributed by atoms with Crippen LogP contribution in [0.15, 0.2) is 24.3 Å². The predicted octanol–water partition coefficient (Wildman–Crippen LogP) is 3.84. The molecule has 0 spiro atoms. The van der Waals surface area contributed by atoms with Crippen molar-refractivity contribution < 1.29 is 27.9 Å². The predicted molar refractivity (Wildman–Crippen MR) is 90.9 cm³/mol. The van der Waals surface area contributed by atoms with Gasteiger partial charge in [-0.1, -0.05) is 12.1 Å². The van der Waals surface area contributed by atoms with Crippen molar-refractivity contribution in [2.75, 3.05) is 13.1 Å². The van der Waals surface area contributed by atoms with Gasteiger partial charge in [-0.2, -0.15) is 13.2 Å². The Bertz CT molecular complexity index is 642. The zero-order chi connectivity index (χ0) is 20.1. The Morgan fingerprint density at radius 1 is 1.19 bits per heavy atom. The molecule has 0 saturated carbocycles. The summed E-state index contributed by atoms with van der Waals surface area (Å²) in [5.41, 5.74) is -1.63. The van der Waals surface area contributed by atoms with Crippen molar-refractivity contribution >= 4 is 12.1 Å². The Kier molecular flexibility index (Phi) is 6.88. The molecule has 0 bridgehead atoms. The summed E-state index contributed by atoms with van der Waals surface area (Å²) in [6, 6.07) is 2.95. The van der Waals surface area contributed by atoms with E-state index in [2.05, 4.69) is 10.6 Å². The average Bonchev–Trinajstić information content (AvgIpc) is 2.49. The van der Waals surface area contributed by atoms with Crippen molar-refractivity contribution in [3.05, 3.63) is 35.4 Å². The number of rotatable bonds is 5. The average molecular weight is 375 g/mol. The van der Waals surface area contributed by atoms with Gasteiger partial charge in [0.05, 0.1) is 11.6 Å². The highest BCUT2D eigenvalue weighted by Crippen LogP contribution is 2.33. The summed E-state index contributed by atoms with van der Waals surface area (Å²) in [5, 5.41) is 14.6. The lowest BCUT2D eigenvalue weighted by Crippen LogP contribution is -2.51. The minimum Gasteiger partial charge on any atom is -0.465 e. The van der Waals surface area contributed by atoms with Crippen LogP contribution in [0.25, 0.3) is 0 Å². The van der Waals surface area contributed by atoms with Crippen LogP contribution in [0.2, 0.25) is 0 Å². The summed E-state index contributed by atoms with van der Waals surface area (Å²) < 4.78 is 39.1. The number of carboxylic acid groups (broad SMARTS) is 1. The molecule has 3 N–H and O–H groups in total. The van der Waals surface area contributed by atoms with Crippen molar-refractivity contribution in [1.29, 1.82) is 0 Å². The molecule has 146 valence electrons. The van der Waals surface area contributed by atoms with Gasteiger partial charge in [0.25, 0.3) is 0 Å². The number of benzene rings is 1. The molecule has 1 aromatic carbocycles. The minimum atomic E-state index is -4.55. The van der Waals surface area contributed by atoms with Crippen LogP contribution in [-0.2, 0) is 6.18 Å². The molecule has 9 heteroatoms. The summed E-state index contributed by atoms with van der Waals surface area (Å²) >= 11 is 0. The number of alkyl halides is 3. The normalized spacial score (nSPS) is 13.0. The molecule has 6 nitrogen and oxygen atoms in total. The van der Waals surface area contributed by atoms with Crippen LogP contribution in [0, 0.1) is 0 Å². The van der Waals surface area contributed by atoms with Gasteiger partial charge >= 0.3 is 18.3 Å². The van der Waals surface area contributed by atoms with Crippen LogP contribution in [-0.4, -0.2) is 40.8 Å². The highest BCUT2D eigenvalue weighted by molar-refractivity contribution is 5.74. The molecule has 1 unspecified atom stereocenters. The van der Waals surface area contributed by atoms with E-state index < -0.39 is 35.4 Å². The molecule has 1 atom stereocenters. The molecular weight excluding hydrogens is 351 g/mol. The third-order valence-electron chi connectivity index (χ3n) is 3.63. The van der Waals surface area contributed by atoms with E-state index in [1.54, 1.807) is 27.7 Å². The Hall–Kier alpha value is -2.45. The van der Waals surface area contributed by atoms with Crippen molar-refractivity contribution in [3.63, 3.8) is 0 Å². The quantitative estimate of drug-likeness (QED) is 0.731. The molecule has 0 fully saturated rings. The van der Waals surface area contributed by atoms with Gasteiger partial charge in [0.1, 0.15) is 0 Å². The number of carbonyl (C=O) groups is 2. The Labute approximate surface area is 150 Å². The van der Waals surface area contributed by atoms with Gasteiger partial charge < -0.3 is 15.7 Å². The van der Waals surface area contributed by atoms with Gasteiger partial charge in [0.15, 0.2) is 0 Å². The highest BCUT2D eigenvalue weighted by Gasteiger charge is 2.36. The first-order chi connectivity index (χ1) is 11.9. The van der Waals surface area contributed by atoms with E-state index in [-0.39, 0.29) is 12.1 Å². The number of urea groups is 1. The molecule has 0 radical (unpaired) electrons. The largest absolute Gasteiger partial charge is 0.465 e. The number of nitrogens with one attached hydrogen (secondary N) is 2. The lowest BCUT2D eigenvalue weighted by Gasteiger charge is -2.40. The van der Waals surface area contributed by atoms with Crippen molar-refractivity contribution in [2.24, 2.45) is 0 Å².